The van der Waals surface area contributed by atoms with Crippen LogP contribution in [0.5, 0.6) is 0 Å². The first-order valence-electron chi connectivity index (χ1n) is 9.15. The molecular weight excluding hydrogens is 414 g/mol. The highest BCUT2D eigenvalue weighted by molar-refractivity contribution is 7.92. The second-order valence-electron chi connectivity index (χ2n) is 7.03. The van der Waals surface area contributed by atoms with Crippen LogP contribution in [-0.2, 0) is 14.8 Å². The van der Waals surface area contributed by atoms with Crippen LogP contribution < -0.4 is 10.5 Å². The average molecular weight is 436 g/mol. The molecular formula is C20H22ClN3O4S. The van der Waals surface area contributed by atoms with Crippen LogP contribution in [0.1, 0.15) is 28.8 Å². The molecule has 7 nitrogen and oxygen atoms in total. The van der Waals surface area contributed by atoms with Crippen molar-refractivity contribution in [1.29, 1.82) is 0 Å². The number of rotatable bonds is 5. The van der Waals surface area contributed by atoms with Crippen LogP contribution in [0.3, 0.4) is 0 Å². The number of halogens is 1. The number of para-hydroxylation sites is 1. The van der Waals surface area contributed by atoms with Gasteiger partial charge in [0.1, 0.15) is 4.90 Å². The Morgan fingerprint density at radius 3 is 2.41 bits per heavy atom. The summed E-state index contributed by atoms with van der Waals surface area (Å²) in [4.78, 5) is 25.6. The van der Waals surface area contributed by atoms with Crippen LogP contribution in [0.2, 0.25) is 5.02 Å². The number of nitrogens with zero attached hydrogens (tertiary/aromatic N) is 1. The van der Waals surface area contributed by atoms with E-state index in [-0.39, 0.29) is 33.2 Å². The number of carbonyl (C=O) groups is 2. The molecule has 0 bridgehead atoms. The van der Waals surface area contributed by atoms with Gasteiger partial charge in [0.2, 0.25) is 5.91 Å². The Kier molecular flexibility index (Phi) is 6.14. The molecule has 0 saturated carbocycles. The lowest BCUT2D eigenvalue weighted by molar-refractivity contribution is -0.123. The van der Waals surface area contributed by atoms with E-state index < -0.39 is 10.0 Å². The molecule has 0 atom stereocenters. The lowest BCUT2D eigenvalue weighted by Crippen LogP contribution is -2.41. The van der Waals surface area contributed by atoms with E-state index in [1.807, 2.05) is 0 Å². The van der Waals surface area contributed by atoms with Crippen LogP contribution >= 0.6 is 11.6 Å². The maximum atomic E-state index is 12.9. The van der Waals surface area contributed by atoms with Crippen molar-refractivity contribution >= 4 is 39.1 Å². The molecule has 154 valence electrons. The van der Waals surface area contributed by atoms with Gasteiger partial charge in [0.05, 0.1) is 10.7 Å². The van der Waals surface area contributed by atoms with Gasteiger partial charge in [-0.1, -0.05) is 29.8 Å². The number of primary amides is 1. The summed E-state index contributed by atoms with van der Waals surface area (Å²) in [5.74, 6) is -0.908. The fourth-order valence-electron chi connectivity index (χ4n) is 3.28. The molecule has 2 aromatic rings. The van der Waals surface area contributed by atoms with Gasteiger partial charge in [0.25, 0.3) is 15.9 Å². The number of carbonyl (C=O) groups excluding carboxylic acids is 2. The Morgan fingerprint density at radius 1 is 1.14 bits per heavy atom. The third-order valence-corrected chi connectivity index (χ3v) is 6.89. The molecule has 0 aromatic heterocycles. The molecule has 0 radical (unpaired) electrons. The third kappa shape index (κ3) is 4.71. The average Bonchev–Trinajstić information content (AvgIpc) is 2.69. The van der Waals surface area contributed by atoms with E-state index in [1.54, 1.807) is 36.1 Å². The standard InChI is InChI=1S/C20H22ClN3O4S/c1-13-4-2-3-5-17(13)23-29(27,28)18-12-15(6-7-16(18)21)20(26)24-10-8-14(9-11-24)19(22)25/h2-7,12,14,23H,8-11H2,1H3,(H2,22,25). The van der Waals surface area contributed by atoms with Gasteiger partial charge in [-0.2, -0.15) is 0 Å². The minimum Gasteiger partial charge on any atom is -0.369 e. The first-order valence-corrected chi connectivity index (χ1v) is 11.0. The number of sulfonamides is 1. The molecule has 1 aliphatic rings. The Morgan fingerprint density at radius 2 is 1.79 bits per heavy atom. The normalized spacial score (nSPS) is 15.2. The minimum atomic E-state index is -3.99. The number of anilines is 1. The van der Waals surface area contributed by atoms with Crippen molar-refractivity contribution in [2.45, 2.75) is 24.7 Å². The first kappa shape index (κ1) is 21.1. The topological polar surface area (TPSA) is 110 Å². The monoisotopic (exact) mass is 435 g/mol. The highest BCUT2D eigenvalue weighted by Gasteiger charge is 2.28. The predicted molar refractivity (Wildman–Crippen MR) is 111 cm³/mol. The molecule has 1 saturated heterocycles. The van der Waals surface area contributed by atoms with Crippen molar-refractivity contribution in [3.8, 4) is 0 Å². The zero-order valence-electron chi connectivity index (χ0n) is 15.9. The van der Waals surface area contributed by atoms with Gasteiger partial charge < -0.3 is 10.6 Å². The summed E-state index contributed by atoms with van der Waals surface area (Å²) >= 11 is 6.14. The molecule has 2 aromatic carbocycles. The summed E-state index contributed by atoms with van der Waals surface area (Å²) < 4.78 is 28.3. The Balaban J connectivity index is 1.83. The Labute approximate surface area is 174 Å². The van der Waals surface area contributed by atoms with Crippen LogP contribution in [0, 0.1) is 12.8 Å². The van der Waals surface area contributed by atoms with Crippen molar-refractivity contribution in [3.05, 3.63) is 58.6 Å². The van der Waals surface area contributed by atoms with E-state index in [1.165, 1.54) is 18.2 Å². The number of piperidine rings is 1. The maximum absolute atomic E-state index is 12.9. The number of hydrogen-bond acceptors (Lipinski definition) is 4. The number of nitrogens with two attached hydrogens (primary N) is 1. The summed E-state index contributed by atoms with van der Waals surface area (Å²) in [6.07, 6.45) is 0.989. The number of amides is 2. The van der Waals surface area contributed by atoms with Gasteiger partial charge in [0, 0.05) is 24.6 Å². The zero-order valence-corrected chi connectivity index (χ0v) is 17.5. The number of likely N-dealkylation sites (tertiary alicyclic amines) is 1. The van der Waals surface area contributed by atoms with Crippen molar-refractivity contribution in [1.82, 2.24) is 4.90 Å². The molecule has 0 spiro atoms. The van der Waals surface area contributed by atoms with Crippen LogP contribution in [0.15, 0.2) is 47.4 Å². The summed E-state index contributed by atoms with van der Waals surface area (Å²) in [6, 6.07) is 11.1. The van der Waals surface area contributed by atoms with Crippen molar-refractivity contribution in [2.75, 3.05) is 17.8 Å². The van der Waals surface area contributed by atoms with Gasteiger partial charge >= 0.3 is 0 Å². The predicted octanol–water partition coefficient (Wildman–Crippen LogP) is 2.79. The summed E-state index contributed by atoms with van der Waals surface area (Å²) in [7, 11) is -3.99. The number of benzene rings is 2. The molecule has 1 fully saturated rings. The molecule has 1 heterocycles. The van der Waals surface area contributed by atoms with Gasteiger partial charge in [-0.05, 0) is 49.6 Å². The van der Waals surface area contributed by atoms with Crippen molar-refractivity contribution < 1.29 is 18.0 Å². The van der Waals surface area contributed by atoms with E-state index >= 15 is 0 Å². The third-order valence-electron chi connectivity index (χ3n) is 5.04. The molecule has 1 aliphatic heterocycles. The number of hydrogen-bond donors (Lipinski definition) is 2. The molecule has 0 aliphatic carbocycles. The summed E-state index contributed by atoms with van der Waals surface area (Å²) in [5.41, 5.74) is 6.75. The lowest BCUT2D eigenvalue weighted by atomic mass is 9.96. The largest absolute Gasteiger partial charge is 0.369 e. The van der Waals surface area contributed by atoms with Crippen molar-refractivity contribution in [3.63, 3.8) is 0 Å². The van der Waals surface area contributed by atoms with Crippen LogP contribution in [-0.4, -0.2) is 38.2 Å². The van der Waals surface area contributed by atoms with Gasteiger partial charge in [-0.15, -0.1) is 0 Å². The highest BCUT2D eigenvalue weighted by Crippen LogP contribution is 2.27. The van der Waals surface area contributed by atoms with Crippen molar-refractivity contribution in [2.24, 2.45) is 11.7 Å². The second kappa shape index (κ2) is 8.42. The SMILES string of the molecule is Cc1ccccc1NS(=O)(=O)c1cc(C(=O)N2CCC(C(N)=O)CC2)ccc1Cl. The quantitative estimate of drug-likeness (QED) is 0.752. The van der Waals surface area contributed by atoms with E-state index in [2.05, 4.69) is 4.72 Å². The Hall–Kier alpha value is -2.58. The van der Waals surface area contributed by atoms with E-state index in [0.717, 1.165) is 5.56 Å². The molecule has 29 heavy (non-hydrogen) atoms. The number of nitrogens with one attached hydrogen (secondary N) is 1. The lowest BCUT2D eigenvalue weighted by Gasteiger charge is -2.30. The number of aryl methyl sites for hydroxylation is 1. The zero-order chi connectivity index (χ0) is 21.2. The van der Waals surface area contributed by atoms with E-state index in [9.17, 15) is 18.0 Å². The first-order chi connectivity index (χ1) is 13.7. The smallest absolute Gasteiger partial charge is 0.263 e. The molecule has 0 unspecified atom stereocenters. The minimum absolute atomic E-state index is 0.0232. The second-order valence-corrected chi connectivity index (χ2v) is 9.09. The highest BCUT2D eigenvalue weighted by atomic mass is 35.5. The van der Waals surface area contributed by atoms with Crippen LogP contribution in [0.4, 0.5) is 5.69 Å². The Bertz CT molecular complexity index is 1050. The molecule has 9 heteroatoms. The fraction of sp³-hybridized carbons (Fsp3) is 0.300. The van der Waals surface area contributed by atoms with Gasteiger partial charge in [0.15, 0.2) is 0 Å². The molecule has 3 N–H and O–H groups in total. The van der Waals surface area contributed by atoms with Crippen LogP contribution in [0.25, 0.3) is 0 Å². The molecule has 2 amide bonds. The summed E-state index contributed by atoms with van der Waals surface area (Å²) in [6.45, 7) is 2.56. The molecule has 3 rings (SSSR count). The van der Waals surface area contributed by atoms with E-state index in [4.69, 9.17) is 17.3 Å². The maximum Gasteiger partial charge on any atom is 0.263 e. The fourth-order valence-corrected chi connectivity index (χ4v) is 4.94. The summed E-state index contributed by atoms with van der Waals surface area (Å²) in [5, 5.41) is 0.0232. The van der Waals surface area contributed by atoms with Gasteiger partial charge in [-0.25, -0.2) is 8.42 Å². The van der Waals surface area contributed by atoms with E-state index in [0.29, 0.717) is 31.6 Å². The van der Waals surface area contributed by atoms with Gasteiger partial charge in [-0.3, -0.25) is 14.3 Å².